The van der Waals surface area contributed by atoms with E-state index in [-0.39, 0.29) is 24.1 Å². The molecule has 11 heteroatoms. The highest BCUT2D eigenvalue weighted by molar-refractivity contribution is 5.77. The number of nitrogens with two attached hydrogens (primary N) is 1. The fraction of sp³-hybridized carbons (Fsp3) is 0.421. The fourth-order valence-electron chi connectivity index (χ4n) is 3.31. The Morgan fingerprint density at radius 3 is 2.80 bits per heavy atom. The number of anilines is 1. The van der Waals surface area contributed by atoms with E-state index < -0.39 is 24.1 Å². The minimum Gasteiger partial charge on any atom is -0.476 e. The van der Waals surface area contributed by atoms with Crippen molar-refractivity contribution in [1.29, 1.82) is 0 Å². The Balaban J connectivity index is 1.55. The standard InChI is InChI=1S/C19H22FN5O5/c1-3-27-16-13-15(23-18(21)24-16)25(10-22-13)17-19(2,20)14(26)12(29-17)9-28-30-11-7-5-4-6-8-11/h4-8,10,12,14,17,26H,3,9H2,1-2H3,(H2,21,23,24)/t12-,14-,17?,19-/m1/s1. The van der Waals surface area contributed by atoms with Gasteiger partial charge >= 0.3 is 0 Å². The van der Waals surface area contributed by atoms with Gasteiger partial charge in [0.05, 0.1) is 12.9 Å². The van der Waals surface area contributed by atoms with Gasteiger partial charge in [-0.15, -0.1) is 0 Å². The monoisotopic (exact) mass is 419 g/mol. The van der Waals surface area contributed by atoms with Crippen LogP contribution >= 0.6 is 0 Å². The molecule has 10 nitrogen and oxygen atoms in total. The van der Waals surface area contributed by atoms with Crippen LogP contribution in [0.4, 0.5) is 10.3 Å². The summed E-state index contributed by atoms with van der Waals surface area (Å²) in [5.74, 6) is 0.609. The predicted octanol–water partition coefficient (Wildman–Crippen LogP) is 1.80. The van der Waals surface area contributed by atoms with Crippen molar-refractivity contribution in [3.63, 3.8) is 0 Å². The molecule has 2 aromatic heterocycles. The molecular weight excluding hydrogens is 397 g/mol. The maximum atomic E-state index is 15.5. The Bertz CT molecular complexity index is 1020. The first-order valence-corrected chi connectivity index (χ1v) is 9.41. The Hall–Kier alpha value is -3.02. The van der Waals surface area contributed by atoms with E-state index in [1.165, 1.54) is 17.8 Å². The smallest absolute Gasteiger partial charge is 0.247 e. The van der Waals surface area contributed by atoms with Gasteiger partial charge in [-0.25, -0.2) is 9.37 Å². The third-order valence-electron chi connectivity index (χ3n) is 4.79. The van der Waals surface area contributed by atoms with Crippen LogP contribution in [0.1, 0.15) is 20.1 Å². The molecule has 0 radical (unpaired) electrons. The SMILES string of the molecule is CCOc1nc(N)nc2c1ncn2C1O[C@H](COOc2ccccc2)[C@@H](O)[C@@]1(C)F. The summed E-state index contributed by atoms with van der Waals surface area (Å²) < 4.78 is 28.1. The van der Waals surface area contributed by atoms with Crippen molar-refractivity contribution in [2.45, 2.75) is 38.0 Å². The van der Waals surface area contributed by atoms with Crippen molar-refractivity contribution in [2.75, 3.05) is 18.9 Å². The number of alkyl halides is 1. The Kier molecular flexibility index (Phi) is 5.41. The van der Waals surface area contributed by atoms with Crippen molar-refractivity contribution >= 4 is 17.1 Å². The Morgan fingerprint density at radius 1 is 1.30 bits per heavy atom. The van der Waals surface area contributed by atoms with Gasteiger partial charge in [-0.05, 0) is 26.0 Å². The molecule has 4 atom stereocenters. The van der Waals surface area contributed by atoms with Crippen LogP contribution in [0.25, 0.3) is 11.2 Å². The Labute approximate surface area is 171 Å². The molecule has 1 aliphatic heterocycles. The van der Waals surface area contributed by atoms with Crippen molar-refractivity contribution in [1.82, 2.24) is 19.5 Å². The van der Waals surface area contributed by atoms with Gasteiger partial charge in [0.15, 0.2) is 28.8 Å². The molecule has 30 heavy (non-hydrogen) atoms. The molecule has 4 rings (SSSR count). The van der Waals surface area contributed by atoms with Crippen LogP contribution in [0.2, 0.25) is 0 Å². The average molecular weight is 419 g/mol. The van der Waals surface area contributed by atoms with Crippen molar-refractivity contribution in [3.8, 4) is 11.6 Å². The quantitative estimate of drug-likeness (QED) is 0.435. The molecule has 0 amide bonds. The van der Waals surface area contributed by atoms with E-state index in [4.69, 9.17) is 25.0 Å². The molecular formula is C19H22FN5O5. The minimum absolute atomic E-state index is 0.0528. The van der Waals surface area contributed by atoms with Crippen LogP contribution in [-0.4, -0.2) is 55.7 Å². The Morgan fingerprint density at radius 2 is 2.07 bits per heavy atom. The molecule has 0 spiro atoms. The lowest BCUT2D eigenvalue weighted by atomic mass is 9.98. The molecule has 3 N–H and O–H groups in total. The van der Waals surface area contributed by atoms with E-state index >= 15 is 4.39 Å². The van der Waals surface area contributed by atoms with E-state index in [0.717, 1.165) is 0 Å². The van der Waals surface area contributed by atoms with E-state index in [2.05, 4.69) is 15.0 Å². The number of hydrogen-bond donors (Lipinski definition) is 2. The summed E-state index contributed by atoms with van der Waals surface area (Å²) in [5, 5.41) is 10.5. The number of nitrogen functional groups attached to an aromatic ring is 1. The van der Waals surface area contributed by atoms with Gasteiger partial charge in [-0.1, -0.05) is 18.2 Å². The van der Waals surface area contributed by atoms with Crippen LogP contribution in [0, 0.1) is 0 Å². The van der Waals surface area contributed by atoms with Gasteiger partial charge in [0.2, 0.25) is 11.8 Å². The van der Waals surface area contributed by atoms with Crippen LogP contribution < -0.4 is 15.4 Å². The normalized spacial score (nSPS) is 26.2. The third kappa shape index (κ3) is 3.62. The van der Waals surface area contributed by atoms with Crippen LogP contribution in [0.5, 0.6) is 11.6 Å². The lowest BCUT2D eigenvalue weighted by Crippen LogP contribution is -2.40. The molecule has 1 fully saturated rings. The second kappa shape index (κ2) is 8.01. The molecule has 3 aromatic rings. The highest BCUT2D eigenvalue weighted by Crippen LogP contribution is 2.43. The highest BCUT2D eigenvalue weighted by Gasteiger charge is 2.55. The third-order valence-corrected chi connectivity index (χ3v) is 4.79. The van der Waals surface area contributed by atoms with E-state index in [0.29, 0.717) is 17.9 Å². The van der Waals surface area contributed by atoms with Gasteiger partial charge in [0, 0.05) is 0 Å². The first-order valence-electron chi connectivity index (χ1n) is 9.41. The summed E-state index contributed by atoms with van der Waals surface area (Å²) in [6.07, 6.45) is -2.35. The number of aromatic nitrogens is 4. The van der Waals surface area contributed by atoms with Gasteiger partial charge in [0.1, 0.15) is 18.8 Å². The second-order valence-corrected chi connectivity index (χ2v) is 6.95. The van der Waals surface area contributed by atoms with Gasteiger partial charge < -0.3 is 25.2 Å². The summed E-state index contributed by atoms with van der Waals surface area (Å²) >= 11 is 0. The second-order valence-electron chi connectivity index (χ2n) is 6.95. The van der Waals surface area contributed by atoms with Crippen molar-refractivity contribution < 1.29 is 28.7 Å². The van der Waals surface area contributed by atoms with Gasteiger partial charge in [-0.2, -0.15) is 14.9 Å². The van der Waals surface area contributed by atoms with Crippen LogP contribution in [0.15, 0.2) is 36.7 Å². The fourth-order valence-corrected chi connectivity index (χ4v) is 3.31. The molecule has 1 aliphatic rings. The summed E-state index contributed by atoms with van der Waals surface area (Å²) in [7, 11) is 0. The van der Waals surface area contributed by atoms with E-state index in [1.807, 2.05) is 6.07 Å². The van der Waals surface area contributed by atoms with Crippen LogP contribution in [-0.2, 0) is 9.62 Å². The number of fused-ring (bicyclic) bond motifs is 1. The molecule has 1 unspecified atom stereocenters. The molecule has 0 aliphatic carbocycles. The number of aliphatic hydroxyl groups is 1. The molecule has 0 bridgehead atoms. The lowest BCUT2D eigenvalue weighted by molar-refractivity contribution is -0.233. The zero-order chi connectivity index (χ0) is 21.3. The van der Waals surface area contributed by atoms with Crippen LogP contribution in [0.3, 0.4) is 0 Å². The van der Waals surface area contributed by atoms with E-state index in [9.17, 15) is 5.11 Å². The number of halogens is 1. The molecule has 160 valence electrons. The lowest BCUT2D eigenvalue weighted by Gasteiger charge is -2.24. The first-order chi connectivity index (χ1) is 14.4. The minimum atomic E-state index is -2.17. The number of nitrogens with zero attached hydrogens (tertiary/aromatic N) is 4. The maximum Gasteiger partial charge on any atom is 0.247 e. The topological polar surface area (TPSA) is 127 Å². The maximum absolute atomic E-state index is 15.5. The number of aliphatic hydroxyl groups excluding tert-OH is 1. The highest BCUT2D eigenvalue weighted by atomic mass is 19.1. The van der Waals surface area contributed by atoms with E-state index in [1.54, 1.807) is 31.2 Å². The number of rotatable bonds is 7. The largest absolute Gasteiger partial charge is 0.476 e. The van der Waals surface area contributed by atoms with Gasteiger partial charge in [-0.3, -0.25) is 4.57 Å². The zero-order valence-electron chi connectivity index (χ0n) is 16.4. The number of imidazole rings is 1. The molecule has 0 saturated carbocycles. The molecule has 1 aromatic carbocycles. The number of ether oxygens (including phenoxy) is 2. The number of benzene rings is 1. The average Bonchev–Trinajstić information content (AvgIpc) is 3.23. The molecule has 3 heterocycles. The van der Waals surface area contributed by atoms with Crippen molar-refractivity contribution in [3.05, 3.63) is 36.7 Å². The van der Waals surface area contributed by atoms with Crippen molar-refractivity contribution in [2.24, 2.45) is 0 Å². The van der Waals surface area contributed by atoms with Gasteiger partial charge in [0.25, 0.3) is 0 Å². The summed E-state index contributed by atoms with van der Waals surface area (Å²) in [4.78, 5) is 22.7. The zero-order valence-corrected chi connectivity index (χ0v) is 16.4. The predicted molar refractivity (Wildman–Crippen MR) is 103 cm³/mol. The molecule has 1 saturated heterocycles. The number of para-hydroxylation sites is 1. The summed E-state index contributed by atoms with van der Waals surface area (Å²) in [6.45, 7) is 3.18. The first kappa shape index (κ1) is 20.3. The summed E-state index contributed by atoms with van der Waals surface area (Å²) in [6, 6.07) is 8.79. The summed E-state index contributed by atoms with van der Waals surface area (Å²) in [5.41, 5.74) is 4.14. The number of hydrogen-bond acceptors (Lipinski definition) is 9.